The van der Waals surface area contributed by atoms with Crippen molar-refractivity contribution in [1.29, 1.82) is 0 Å². The monoisotopic (exact) mass is 293 g/mol. The molecule has 19 heavy (non-hydrogen) atoms. The lowest BCUT2D eigenvalue weighted by Gasteiger charge is -2.31. The third-order valence-corrected chi connectivity index (χ3v) is 4.07. The van der Waals surface area contributed by atoms with Crippen LogP contribution in [0.3, 0.4) is 0 Å². The van der Waals surface area contributed by atoms with Crippen molar-refractivity contribution in [3.05, 3.63) is 35.4 Å². The normalized spacial score (nSPS) is 12.7. The first-order valence-corrected chi connectivity index (χ1v) is 6.87. The fraction of sp³-hybridized carbons (Fsp3) is 0.571. The van der Waals surface area contributed by atoms with Gasteiger partial charge >= 0.3 is 6.18 Å². The molecule has 0 amide bonds. The molecule has 0 aliphatic carbocycles. The van der Waals surface area contributed by atoms with E-state index < -0.39 is 11.7 Å². The Hall–Kier alpha value is -0.740. The molecule has 0 atom stereocenters. The van der Waals surface area contributed by atoms with E-state index in [0.717, 1.165) is 30.5 Å². The van der Waals surface area contributed by atoms with Crippen molar-refractivity contribution in [1.82, 2.24) is 5.32 Å². The second kappa shape index (κ2) is 6.62. The zero-order valence-electron chi connectivity index (χ0n) is 11.1. The van der Waals surface area contributed by atoms with Crippen LogP contribution in [0.1, 0.15) is 37.8 Å². The van der Waals surface area contributed by atoms with Crippen molar-refractivity contribution in [3.8, 4) is 0 Å². The second-order valence-electron chi connectivity index (χ2n) is 4.67. The Morgan fingerprint density at radius 3 is 1.95 bits per heavy atom. The number of hydrogen-bond donors (Lipinski definition) is 1. The van der Waals surface area contributed by atoms with Crippen LogP contribution >= 0.6 is 11.6 Å². The van der Waals surface area contributed by atoms with Crippen LogP contribution in [0.2, 0.25) is 0 Å². The second-order valence-corrected chi connectivity index (χ2v) is 4.94. The van der Waals surface area contributed by atoms with E-state index in [-0.39, 0.29) is 5.54 Å². The summed E-state index contributed by atoms with van der Waals surface area (Å²) in [6.07, 6.45) is -2.51. The molecular weight excluding hydrogens is 275 g/mol. The van der Waals surface area contributed by atoms with E-state index in [4.69, 9.17) is 11.6 Å². The van der Waals surface area contributed by atoms with Gasteiger partial charge in [-0.25, -0.2) is 0 Å². The van der Waals surface area contributed by atoms with E-state index >= 15 is 0 Å². The van der Waals surface area contributed by atoms with Crippen molar-refractivity contribution in [2.24, 2.45) is 0 Å². The van der Waals surface area contributed by atoms with Gasteiger partial charge in [0.15, 0.2) is 0 Å². The van der Waals surface area contributed by atoms with Gasteiger partial charge < -0.3 is 5.32 Å². The summed E-state index contributed by atoms with van der Waals surface area (Å²) < 4.78 is 37.3. The van der Waals surface area contributed by atoms with E-state index in [1.165, 1.54) is 12.1 Å². The average Bonchev–Trinajstić information content (AvgIpc) is 2.40. The highest BCUT2D eigenvalue weighted by atomic mass is 35.5. The summed E-state index contributed by atoms with van der Waals surface area (Å²) >= 11 is 5.96. The van der Waals surface area contributed by atoms with Gasteiger partial charge in [-0.05, 0) is 30.5 Å². The van der Waals surface area contributed by atoms with Gasteiger partial charge in [-0.15, -0.1) is 11.6 Å². The molecule has 1 aromatic carbocycles. The third-order valence-electron chi connectivity index (χ3n) is 3.56. The predicted molar refractivity (Wildman–Crippen MR) is 72.3 cm³/mol. The van der Waals surface area contributed by atoms with Crippen molar-refractivity contribution in [2.75, 3.05) is 5.88 Å². The first kappa shape index (κ1) is 16.3. The highest BCUT2D eigenvalue weighted by Gasteiger charge is 2.30. The first-order valence-electron chi connectivity index (χ1n) is 6.34. The smallest absolute Gasteiger partial charge is 0.306 e. The van der Waals surface area contributed by atoms with Crippen LogP contribution in [0, 0.1) is 0 Å². The maximum Gasteiger partial charge on any atom is 0.416 e. The number of nitrogens with one attached hydrogen (secondary N) is 1. The molecule has 1 aromatic rings. The Kier molecular flexibility index (Phi) is 5.68. The summed E-state index contributed by atoms with van der Waals surface area (Å²) in [4.78, 5) is 0. The van der Waals surface area contributed by atoms with E-state index in [2.05, 4.69) is 5.32 Å². The number of rotatable bonds is 6. The molecule has 0 heterocycles. The summed E-state index contributed by atoms with van der Waals surface area (Å²) in [6.45, 7) is 4.61. The highest BCUT2D eigenvalue weighted by molar-refractivity contribution is 6.18. The Balaban J connectivity index is 2.69. The minimum Gasteiger partial charge on any atom is -0.306 e. The maximum absolute atomic E-state index is 12.4. The van der Waals surface area contributed by atoms with Crippen LogP contribution < -0.4 is 5.32 Å². The summed E-state index contributed by atoms with van der Waals surface area (Å²) in [5.41, 5.74) is 0.0554. The molecule has 0 spiro atoms. The molecule has 0 aliphatic heterocycles. The molecule has 108 valence electrons. The van der Waals surface area contributed by atoms with Gasteiger partial charge in [-0.1, -0.05) is 26.0 Å². The van der Waals surface area contributed by atoms with Gasteiger partial charge in [0.25, 0.3) is 0 Å². The Morgan fingerprint density at radius 1 is 1.05 bits per heavy atom. The Labute approximate surface area is 117 Å². The molecule has 0 unspecified atom stereocenters. The molecular formula is C14H19ClF3N. The standard InChI is InChI=1S/C14H19ClF3N/c1-3-13(4-2,10-15)19-9-11-5-7-12(8-6-11)14(16,17)18/h5-8,19H,3-4,9-10H2,1-2H3. The number of halogens is 4. The largest absolute Gasteiger partial charge is 0.416 e. The molecule has 0 aromatic heterocycles. The lowest BCUT2D eigenvalue weighted by Crippen LogP contribution is -2.45. The molecule has 5 heteroatoms. The minimum absolute atomic E-state index is 0.149. The molecule has 0 radical (unpaired) electrons. The van der Waals surface area contributed by atoms with E-state index in [1.807, 2.05) is 13.8 Å². The van der Waals surface area contributed by atoms with Crippen LogP contribution in [0.4, 0.5) is 13.2 Å². The number of benzene rings is 1. The fourth-order valence-corrected chi connectivity index (χ4v) is 2.31. The van der Waals surface area contributed by atoms with Crippen molar-refractivity contribution in [2.45, 2.75) is 44.9 Å². The predicted octanol–water partition coefficient (Wildman–Crippen LogP) is 4.59. The van der Waals surface area contributed by atoms with Gasteiger partial charge in [0.05, 0.1) is 5.56 Å². The van der Waals surface area contributed by atoms with Crippen LogP contribution in [-0.4, -0.2) is 11.4 Å². The van der Waals surface area contributed by atoms with Crippen molar-refractivity contribution < 1.29 is 13.2 Å². The fourth-order valence-electron chi connectivity index (χ4n) is 1.84. The summed E-state index contributed by atoms with van der Waals surface area (Å²) in [5.74, 6) is 0.487. The molecule has 1 rings (SSSR count). The minimum atomic E-state index is -4.28. The van der Waals surface area contributed by atoms with Crippen LogP contribution in [-0.2, 0) is 12.7 Å². The summed E-state index contributed by atoms with van der Waals surface area (Å²) in [6, 6.07) is 5.22. The SMILES string of the molecule is CCC(CC)(CCl)NCc1ccc(C(F)(F)F)cc1. The van der Waals surface area contributed by atoms with Gasteiger partial charge in [-0.2, -0.15) is 13.2 Å². The van der Waals surface area contributed by atoms with Crippen molar-refractivity contribution in [3.63, 3.8) is 0 Å². The number of hydrogen-bond acceptors (Lipinski definition) is 1. The topological polar surface area (TPSA) is 12.0 Å². The van der Waals surface area contributed by atoms with Crippen molar-refractivity contribution >= 4 is 11.6 Å². The lowest BCUT2D eigenvalue weighted by molar-refractivity contribution is -0.137. The molecule has 1 N–H and O–H groups in total. The van der Waals surface area contributed by atoms with Gasteiger partial charge in [0.1, 0.15) is 0 Å². The molecule has 0 saturated carbocycles. The highest BCUT2D eigenvalue weighted by Crippen LogP contribution is 2.29. The maximum atomic E-state index is 12.4. The van der Waals surface area contributed by atoms with E-state index in [0.29, 0.717) is 12.4 Å². The van der Waals surface area contributed by atoms with Crippen LogP contribution in [0.5, 0.6) is 0 Å². The molecule has 0 aliphatic rings. The van der Waals surface area contributed by atoms with Crippen LogP contribution in [0.25, 0.3) is 0 Å². The van der Waals surface area contributed by atoms with Crippen LogP contribution in [0.15, 0.2) is 24.3 Å². The first-order chi connectivity index (χ1) is 8.87. The summed E-state index contributed by atoms with van der Waals surface area (Å²) in [5, 5.41) is 3.34. The molecule has 0 saturated heterocycles. The van der Waals surface area contributed by atoms with E-state index in [9.17, 15) is 13.2 Å². The van der Waals surface area contributed by atoms with Gasteiger partial charge in [0.2, 0.25) is 0 Å². The quantitative estimate of drug-likeness (QED) is 0.756. The zero-order chi connectivity index (χ0) is 14.5. The average molecular weight is 294 g/mol. The molecule has 0 bridgehead atoms. The van der Waals surface area contributed by atoms with Gasteiger partial charge in [0, 0.05) is 18.0 Å². The van der Waals surface area contributed by atoms with E-state index in [1.54, 1.807) is 0 Å². The molecule has 0 fully saturated rings. The summed E-state index contributed by atoms with van der Waals surface area (Å²) in [7, 11) is 0. The van der Waals surface area contributed by atoms with Gasteiger partial charge in [-0.3, -0.25) is 0 Å². The zero-order valence-corrected chi connectivity index (χ0v) is 11.9. The Morgan fingerprint density at radius 2 is 1.58 bits per heavy atom. The number of alkyl halides is 4. The molecule has 1 nitrogen and oxygen atoms in total. The Bertz CT molecular complexity index is 374. The lowest BCUT2D eigenvalue weighted by atomic mass is 9.95. The third kappa shape index (κ3) is 4.39.